The van der Waals surface area contributed by atoms with Crippen molar-refractivity contribution in [3.8, 4) is 11.5 Å². The first-order chi connectivity index (χ1) is 28.4. The Kier molecular flexibility index (Phi) is 23.9. The lowest BCUT2D eigenvalue weighted by Gasteiger charge is -2.32. The number of rotatable bonds is 16. The molecule has 0 amide bonds. The van der Waals surface area contributed by atoms with Crippen LogP contribution in [0.15, 0.2) is 109 Å². The lowest BCUT2D eigenvalue weighted by molar-refractivity contribution is -0.139. The number of carboxylic acids is 2. The third kappa shape index (κ3) is 21.3. The van der Waals surface area contributed by atoms with Crippen LogP contribution >= 0.6 is 0 Å². The summed E-state index contributed by atoms with van der Waals surface area (Å²) in [6.07, 6.45) is 5.96. The molecular formula is C47H68N4O9S. The summed E-state index contributed by atoms with van der Waals surface area (Å²) in [5.74, 6) is -1.96. The van der Waals surface area contributed by atoms with Crippen LogP contribution in [-0.4, -0.2) is 98.6 Å². The number of phenols is 2. The van der Waals surface area contributed by atoms with Crippen molar-refractivity contribution in [2.45, 2.75) is 104 Å². The first kappa shape index (κ1) is 53.9. The summed E-state index contributed by atoms with van der Waals surface area (Å²) in [5, 5.41) is 37.2. The fraction of sp³-hybridized carbons (Fsp3) is 0.404. The van der Waals surface area contributed by atoms with Crippen molar-refractivity contribution in [1.82, 2.24) is 9.80 Å². The molecule has 0 bridgehead atoms. The molecule has 336 valence electrons. The lowest BCUT2D eigenvalue weighted by atomic mass is 9.86. The fourth-order valence-corrected chi connectivity index (χ4v) is 6.48. The van der Waals surface area contributed by atoms with Crippen molar-refractivity contribution in [1.29, 1.82) is 0 Å². The highest BCUT2D eigenvalue weighted by molar-refractivity contribution is 7.85. The molecule has 61 heavy (non-hydrogen) atoms. The van der Waals surface area contributed by atoms with E-state index in [1.165, 1.54) is 29.8 Å². The molecule has 4 rings (SSSR count). The van der Waals surface area contributed by atoms with Crippen LogP contribution in [0.25, 0.3) is 6.08 Å². The minimum Gasteiger partial charge on any atom is -0.508 e. The van der Waals surface area contributed by atoms with E-state index in [9.17, 15) is 28.2 Å². The number of benzene rings is 4. The van der Waals surface area contributed by atoms with E-state index in [4.69, 9.17) is 26.2 Å². The Morgan fingerprint density at radius 1 is 0.639 bits per heavy atom. The van der Waals surface area contributed by atoms with Crippen LogP contribution in [-0.2, 0) is 19.7 Å². The molecule has 4 aromatic carbocycles. The van der Waals surface area contributed by atoms with Crippen LogP contribution in [0.5, 0.6) is 11.5 Å². The summed E-state index contributed by atoms with van der Waals surface area (Å²) in [6.45, 7) is 19.6. The second kappa shape index (κ2) is 27.0. The van der Waals surface area contributed by atoms with Gasteiger partial charge in [-0.25, -0.2) is 0 Å². The highest BCUT2D eigenvalue weighted by Crippen LogP contribution is 2.36. The van der Waals surface area contributed by atoms with Crippen LogP contribution in [0.4, 0.5) is 0 Å². The topological polar surface area (TPSA) is 228 Å². The summed E-state index contributed by atoms with van der Waals surface area (Å²) in [5.41, 5.74) is 15.2. The molecule has 0 aromatic heterocycles. The van der Waals surface area contributed by atoms with E-state index in [2.05, 4.69) is 102 Å². The van der Waals surface area contributed by atoms with Crippen molar-refractivity contribution >= 4 is 28.1 Å². The van der Waals surface area contributed by atoms with Crippen LogP contribution in [0, 0.1) is 0 Å². The largest absolute Gasteiger partial charge is 0.508 e. The van der Waals surface area contributed by atoms with Crippen molar-refractivity contribution < 1.29 is 43.0 Å². The van der Waals surface area contributed by atoms with Crippen LogP contribution in [0.2, 0.25) is 0 Å². The monoisotopic (exact) mass is 864 g/mol. The number of hydrogen-bond donors (Lipinski definition) is 7. The Bertz CT molecular complexity index is 1990. The summed E-state index contributed by atoms with van der Waals surface area (Å²) < 4.78 is 25.9. The van der Waals surface area contributed by atoms with Gasteiger partial charge in [-0.15, -0.1) is 0 Å². The fourth-order valence-electron chi connectivity index (χ4n) is 6.48. The molecule has 0 saturated heterocycles. The standard InChI is InChI=1S/C23H32N2O3.C15H23N.C8H9NO3.CH4O3S/c1-15(2)25(16(3)4)13-12-19(17-8-6-5-7-9-17)20-14-18(10-11-21(20)26)22(24)23(27)28;1-13(2)16(14(3)4)12-8-11-15-9-6-5-7-10-15;9-7(8(11)12)5-1-3-6(10)4-2-5;1-5(2,3)4/h5-11,14-16,19,22,26H,12-13,24H2,1-4H3,(H,27,28);5-11,13-14H,12H2,1-4H3;1-4,7,10H,9H2,(H,11,12);1H3,(H,2,3,4)/b;11-8+;;/t19?,22-;;7-;/m1.1./s1. The second-order valence-corrected chi connectivity index (χ2v) is 17.1. The molecule has 0 aliphatic rings. The molecule has 14 heteroatoms. The van der Waals surface area contributed by atoms with Crippen molar-refractivity contribution in [3.63, 3.8) is 0 Å². The Balaban J connectivity index is 0.000000473. The Hall–Kier alpha value is -5.09. The smallest absolute Gasteiger partial charge is 0.325 e. The maximum absolute atomic E-state index is 11.3. The molecule has 0 aliphatic carbocycles. The third-order valence-corrected chi connectivity index (χ3v) is 9.53. The van der Waals surface area contributed by atoms with E-state index in [1.54, 1.807) is 18.2 Å². The predicted molar refractivity (Wildman–Crippen MR) is 245 cm³/mol. The third-order valence-electron chi connectivity index (χ3n) is 9.53. The Morgan fingerprint density at radius 3 is 1.51 bits per heavy atom. The van der Waals surface area contributed by atoms with Gasteiger partial charge >= 0.3 is 11.9 Å². The predicted octanol–water partition coefficient (Wildman–Crippen LogP) is 7.92. The molecule has 0 fully saturated rings. The van der Waals surface area contributed by atoms with Gasteiger partial charge in [0.1, 0.15) is 23.6 Å². The average Bonchev–Trinajstić information content (AvgIpc) is 3.18. The summed E-state index contributed by atoms with van der Waals surface area (Å²) in [4.78, 5) is 26.6. The zero-order chi connectivity index (χ0) is 46.4. The van der Waals surface area contributed by atoms with Gasteiger partial charge in [0.05, 0.1) is 6.26 Å². The van der Waals surface area contributed by atoms with E-state index in [-0.39, 0.29) is 17.4 Å². The zero-order valence-electron chi connectivity index (χ0n) is 37.0. The van der Waals surface area contributed by atoms with E-state index < -0.39 is 34.1 Å². The number of phenolic OH excluding ortho intramolecular Hbond substituents is 2. The SMILES string of the molecule is CC(C)N(C/C=C/c1ccccc1)C(C)C.CC(C)N(CCC(c1ccccc1)c1cc([C@@H](N)C(=O)O)ccc1O)C(C)C.CS(=O)(=O)O.N[C@@H](C(=O)O)c1ccc(O)cc1. The van der Waals surface area contributed by atoms with E-state index in [0.29, 0.717) is 47.1 Å². The van der Waals surface area contributed by atoms with Crippen molar-refractivity contribution in [2.24, 2.45) is 11.5 Å². The molecule has 9 N–H and O–H groups in total. The number of aliphatic carboxylic acids is 2. The van der Waals surface area contributed by atoms with E-state index in [0.717, 1.165) is 25.1 Å². The molecule has 4 aromatic rings. The minimum absolute atomic E-state index is 0.0536. The van der Waals surface area contributed by atoms with Gasteiger partial charge < -0.3 is 31.9 Å². The summed E-state index contributed by atoms with van der Waals surface area (Å²) >= 11 is 0. The van der Waals surface area contributed by atoms with Crippen molar-refractivity contribution in [2.75, 3.05) is 19.3 Å². The number of nitrogens with two attached hydrogens (primary N) is 2. The maximum Gasteiger partial charge on any atom is 0.325 e. The Labute approximate surface area is 363 Å². The van der Waals surface area contributed by atoms with Gasteiger partial charge in [-0.05, 0) is 115 Å². The molecule has 1 unspecified atom stereocenters. The molecule has 13 nitrogen and oxygen atoms in total. The number of nitrogens with zero attached hydrogens (tertiary/aromatic N) is 2. The van der Waals surface area contributed by atoms with Crippen LogP contribution in [0.3, 0.4) is 0 Å². The van der Waals surface area contributed by atoms with Crippen LogP contribution < -0.4 is 11.5 Å². The first-order valence-corrected chi connectivity index (χ1v) is 22.1. The number of aromatic hydroxyl groups is 2. The maximum atomic E-state index is 11.3. The number of carbonyl (C=O) groups is 2. The van der Waals surface area contributed by atoms with E-state index >= 15 is 0 Å². The van der Waals surface area contributed by atoms with E-state index in [1.807, 2.05) is 36.4 Å². The molecule has 0 aliphatic heterocycles. The number of carboxylic acid groups (broad SMARTS) is 2. The summed E-state index contributed by atoms with van der Waals surface area (Å²) in [6, 6.07) is 31.0. The van der Waals surface area contributed by atoms with Gasteiger partial charge in [0.25, 0.3) is 10.1 Å². The molecule has 0 radical (unpaired) electrons. The van der Waals surface area contributed by atoms with Gasteiger partial charge in [0.15, 0.2) is 0 Å². The zero-order valence-corrected chi connectivity index (χ0v) is 37.8. The highest BCUT2D eigenvalue weighted by Gasteiger charge is 2.24. The highest BCUT2D eigenvalue weighted by atomic mass is 32.2. The number of hydrogen-bond acceptors (Lipinski definition) is 10. The second-order valence-electron chi connectivity index (χ2n) is 15.6. The molecule has 0 spiro atoms. The Morgan fingerprint density at radius 2 is 1.07 bits per heavy atom. The molecule has 0 saturated carbocycles. The normalized spacial score (nSPS) is 13.0. The minimum atomic E-state index is -3.67. The average molecular weight is 865 g/mol. The quantitative estimate of drug-likeness (QED) is 0.0532. The van der Waals surface area contributed by atoms with Gasteiger partial charge in [0.2, 0.25) is 0 Å². The summed E-state index contributed by atoms with van der Waals surface area (Å²) in [7, 11) is -3.67. The first-order valence-electron chi connectivity index (χ1n) is 20.2. The molecule has 3 atom stereocenters. The van der Waals surface area contributed by atoms with Gasteiger partial charge in [-0.1, -0.05) is 91.0 Å². The van der Waals surface area contributed by atoms with Gasteiger partial charge in [-0.2, -0.15) is 8.42 Å². The van der Waals surface area contributed by atoms with Crippen LogP contribution in [0.1, 0.15) is 108 Å². The van der Waals surface area contributed by atoms with Gasteiger partial charge in [0, 0.05) is 42.2 Å². The lowest BCUT2D eigenvalue weighted by Crippen LogP contribution is -2.38. The van der Waals surface area contributed by atoms with Crippen molar-refractivity contribution in [3.05, 3.63) is 137 Å². The molecule has 0 heterocycles. The molecular weight excluding hydrogens is 797 g/mol. The van der Waals surface area contributed by atoms with Gasteiger partial charge in [-0.3, -0.25) is 23.9 Å².